The van der Waals surface area contributed by atoms with E-state index in [1.807, 2.05) is 9.80 Å². The van der Waals surface area contributed by atoms with Crippen molar-refractivity contribution in [1.29, 1.82) is 0 Å². The topological polar surface area (TPSA) is 125 Å². The maximum Gasteiger partial charge on any atom is 0.263 e. The molecule has 1 saturated carbocycles. The molecular formula is C35H51F2N9O2. The number of hydrogen-bond donors (Lipinski definition) is 3. The normalized spacial score (nSPS) is 26.7. The fourth-order valence-corrected chi connectivity index (χ4v) is 9.09. The molecule has 262 valence electrons. The highest BCUT2D eigenvalue weighted by atomic mass is 19.1. The number of carbonyl (C=O) groups excluding carboxylic acids is 2. The van der Waals surface area contributed by atoms with Crippen molar-refractivity contribution in [2.24, 2.45) is 5.92 Å². The second-order valence-electron chi connectivity index (χ2n) is 14.7. The summed E-state index contributed by atoms with van der Waals surface area (Å²) in [6.07, 6.45) is 15.8. The molecule has 0 bridgehead atoms. The van der Waals surface area contributed by atoms with Crippen LogP contribution in [0.2, 0.25) is 0 Å². The van der Waals surface area contributed by atoms with Crippen molar-refractivity contribution < 1.29 is 18.4 Å². The Labute approximate surface area is 282 Å². The number of hydrogen-bond acceptors (Lipinski definition) is 8. The Morgan fingerprint density at radius 2 is 1.65 bits per heavy atom. The van der Waals surface area contributed by atoms with Crippen molar-refractivity contribution in [2.45, 2.75) is 108 Å². The minimum atomic E-state index is -1.17. The maximum absolute atomic E-state index is 15.9. The lowest BCUT2D eigenvalue weighted by molar-refractivity contribution is -0.135. The Morgan fingerprint density at radius 3 is 2.35 bits per heavy atom. The van der Waals surface area contributed by atoms with Crippen molar-refractivity contribution in [1.82, 2.24) is 24.6 Å². The Bertz CT molecular complexity index is 1450. The molecule has 2 amide bonds. The van der Waals surface area contributed by atoms with Crippen LogP contribution < -0.4 is 21.3 Å². The molecule has 4 aliphatic heterocycles. The van der Waals surface area contributed by atoms with Crippen LogP contribution in [0.1, 0.15) is 100 Å². The fourth-order valence-electron chi connectivity index (χ4n) is 9.09. The molecule has 6 heterocycles. The van der Waals surface area contributed by atoms with Gasteiger partial charge in [-0.2, -0.15) is 5.10 Å². The van der Waals surface area contributed by atoms with Gasteiger partial charge in [-0.1, -0.05) is 57.8 Å². The lowest BCUT2D eigenvalue weighted by atomic mass is 9.81. The quantitative estimate of drug-likeness (QED) is 0.409. The minimum Gasteiger partial charge on any atom is -0.381 e. The van der Waals surface area contributed by atoms with E-state index in [1.54, 1.807) is 4.68 Å². The summed E-state index contributed by atoms with van der Waals surface area (Å²) in [5, 5.41) is 10.6. The molecule has 13 heteroatoms. The zero-order valence-corrected chi connectivity index (χ0v) is 28.1. The van der Waals surface area contributed by atoms with Gasteiger partial charge in [-0.3, -0.25) is 19.5 Å². The van der Waals surface area contributed by atoms with Crippen LogP contribution in [0.5, 0.6) is 0 Å². The number of piperidine rings is 1. The van der Waals surface area contributed by atoms with E-state index in [0.29, 0.717) is 50.9 Å². The molecule has 2 aromatic rings. The summed E-state index contributed by atoms with van der Waals surface area (Å²) in [5.41, 5.74) is 6.13. The van der Waals surface area contributed by atoms with E-state index in [0.717, 1.165) is 64.2 Å². The van der Waals surface area contributed by atoms with Gasteiger partial charge in [-0.25, -0.2) is 13.5 Å². The average molecular weight is 668 g/mol. The summed E-state index contributed by atoms with van der Waals surface area (Å²) < 4.78 is 33.0. The molecule has 3 saturated heterocycles. The monoisotopic (exact) mass is 667 g/mol. The number of nitrogens with two attached hydrogens (primary N) is 1. The minimum absolute atomic E-state index is 0.0129. The van der Waals surface area contributed by atoms with Gasteiger partial charge in [0.2, 0.25) is 5.91 Å². The van der Waals surface area contributed by atoms with Gasteiger partial charge in [0.15, 0.2) is 11.6 Å². The van der Waals surface area contributed by atoms with Crippen LogP contribution in [0.15, 0.2) is 12.4 Å². The molecule has 0 aromatic carbocycles. The molecule has 5 aliphatic rings. The molecule has 11 nitrogen and oxygen atoms in total. The number of rotatable bonds is 4. The van der Waals surface area contributed by atoms with Crippen LogP contribution in [0.3, 0.4) is 0 Å². The van der Waals surface area contributed by atoms with Crippen molar-refractivity contribution in [3.63, 3.8) is 0 Å². The van der Waals surface area contributed by atoms with Crippen molar-refractivity contribution in [2.75, 3.05) is 67.1 Å². The van der Waals surface area contributed by atoms with Gasteiger partial charge < -0.3 is 26.2 Å². The zero-order chi connectivity index (χ0) is 33.3. The molecule has 4 fully saturated rings. The highest BCUT2D eigenvalue weighted by molar-refractivity contribution is 6.12. The number of aromatic nitrogens is 3. The lowest BCUT2D eigenvalue weighted by Gasteiger charge is -2.42. The maximum atomic E-state index is 15.9. The van der Waals surface area contributed by atoms with Crippen LogP contribution >= 0.6 is 0 Å². The third kappa shape index (κ3) is 6.34. The van der Waals surface area contributed by atoms with Crippen molar-refractivity contribution in [3.05, 3.63) is 23.8 Å². The largest absolute Gasteiger partial charge is 0.381 e. The predicted octanol–water partition coefficient (Wildman–Crippen LogP) is 5.15. The first kappa shape index (κ1) is 33.0. The zero-order valence-electron chi connectivity index (χ0n) is 28.1. The number of nitrogen functional groups attached to an aromatic ring is 1. The number of nitrogens with zero attached hydrogens (tertiary/aromatic N) is 6. The predicted molar refractivity (Wildman–Crippen MR) is 182 cm³/mol. The smallest absolute Gasteiger partial charge is 0.263 e. The number of pyridine rings is 1. The number of carbonyl (C=O) groups is 2. The lowest BCUT2D eigenvalue weighted by Crippen LogP contribution is -2.51. The third-order valence-electron chi connectivity index (χ3n) is 11.7. The number of nitrogens with one attached hydrogen (secondary N) is 2. The number of alkyl halides is 1. The Hall–Kier alpha value is -3.48. The molecule has 7 rings (SSSR count). The van der Waals surface area contributed by atoms with Crippen LogP contribution in [0.4, 0.5) is 31.8 Å². The van der Waals surface area contributed by atoms with E-state index < -0.39 is 23.4 Å². The van der Waals surface area contributed by atoms with Gasteiger partial charge in [-0.15, -0.1) is 0 Å². The molecule has 1 aliphatic carbocycles. The number of piperazine rings is 1. The Morgan fingerprint density at radius 1 is 0.938 bits per heavy atom. The van der Waals surface area contributed by atoms with Crippen LogP contribution in [-0.2, 0) is 10.3 Å². The second-order valence-corrected chi connectivity index (χ2v) is 14.7. The molecule has 4 N–H and O–H groups in total. The molecular weight excluding hydrogens is 616 g/mol. The van der Waals surface area contributed by atoms with Crippen molar-refractivity contribution in [3.8, 4) is 0 Å². The molecule has 3 atom stereocenters. The van der Waals surface area contributed by atoms with Crippen molar-refractivity contribution >= 4 is 34.8 Å². The summed E-state index contributed by atoms with van der Waals surface area (Å²) in [6, 6.07) is 0.524. The first-order chi connectivity index (χ1) is 23.4. The summed E-state index contributed by atoms with van der Waals surface area (Å²) in [5.74, 6) is -0.457. The van der Waals surface area contributed by atoms with Crippen LogP contribution in [0.25, 0.3) is 0 Å². The average Bonchev–Trinajstić information content (AvgIpc) is 3.66. The third-order valence-corrected chi connectivity index (χ3v) is 11.7. The van der Waals surface area contributed by atoms with Gasteiger partial charge >= 0.3 is 0 Å². The van der Waals surface area contributed by atoms with E-state index in [9.17, 15) is 9.59 Å². The number of halogens is 2. The first-order valence-corrected chi connectivity index (χ1v) is 18.4. The SMILES string of the molecule is Nc1nn2c(c1C(=O)Nc1cncc(F)c1N1CCN(C(=O)C3CC4CCCCN4C3)CC1)NCC(F)C21CCCCCCCCCC1. The fraction of sp³-hybridized carbons (Fsp3) is 0.714. The Balaban J connectivity index is 1.07. The van der Waals surface area contributed by atoms with E-state index in [-0.39, 0.29) is 41.1 Å². The summed E-state index contributed by atoms with van der Waals surface area (Å²) in [6.45, 7) is 3.82. The highest BCUT2D eigenvalue weighted by Gasteiger charge is 2.47. The number of amides is 2. The summed E-state index contributed by atoms with van der Waals surface area (Å²) in [7, 11) is 0. The number of anilines is 4. The molecule has 1 spiro atoms. The Kier molecular flexibility index (Phi) is 9.75. The molecule has 2 aromatic heterocycles. The molecule has 3 unspecified atom stereocenters. The van der Waals surface area contributed by atoms with Gasteiger partial charge in [-0.05, 0) is 38.6 Å². The summed E-state index contributed by atoms with van der Waals surface area (Å²) >= 11 is 0. The number of fused-ring (bicyclic) bond motifs is 3. The standard InChI is InChI=1S/C35H51F2N9O2/c36-26-20-39-21-27(30(26)43-15-17-44(18-16-43)34(48)24-19-25-11-7-10-14-45(25)23-24)41-33(47)29-31(38)42-46-32(29)40-22-28(37)35(46)12-8-5-3-1-2-4-6-9-13-35/h20-21,24-25,28,40H,1-19,22-23H2,(H2,38,42)(H,41,47). The van der Waals surface area contributed by atoms with Gasteiger partial charge in [0.25, 0.3) is 5.91 Å². The van der Waals surface area contributed by atoms with Gasteiger partial charge in [0, 0.05) is 45.3 Å². The molecule has 48 heavy (non-hydrogen) atoms. The van der Waals surface area contributed by atoms with E-state index in [1.165, 1.54) is 38.3 Å². The van der Waals surface area contributed by atoms with Crippen LogP contribution in [-0.4, -0.2) is 94.4 Å². The van der Waals surface area contributed by atoms with E-state index >= 15 is 8.78 Å². The second kappa shape index (κ2) is 14.2. The van der Waals surface area contributed by atoms with E-state index in [4.69, 9.17) is 5.73 Å². The van der Waals surface area contributed by atoms with Crippen LogP contribution in [0, 0.1) is 11.7 Å². The van der Waals surface area contributed by atoms with E-state index in [2.05, 4.69) is 25.6 Å². The highest BCUT2D eigenvalue weighted by Crippen LogP contribution is 2.44. The van der Waals surface area contributed by atoms with Gasteiger partial charge in [0.1, 0.15) is 23.2 Å². The first-order valence-electron chi connectivity index (χ1n) is 18.4. The van der Waals surface area contributed by atoms with Gasteiger partial charge in [0.05, 0.1) is 29.5 Å². The summed E-state index contributed by atoms with van der Waals surface area (Å²) in [4.78, 5) is 37.7. The molecule has 0 radical (unpaired) electrons.